The van der Waals surface area contributed by atoms with E-state index in [2.05, 4.69) is 44.2 Å². The van der Waals surface area contributed by atoms with Gasteiger partial charge in [0.2, 0.25) is 0 Å². The fourth-order valence-electron chi connectivity index (χ4n) is 5.11. The van der Waals surface area contributed by atoms with Gasteiger partial charge in [-0.25, -0.2) is 4.98 Å². The van der Waals surface area contributed by atoms with Crippen molar-refractivity contribution >= 4 is 43.5 Å². The highest BCUT2D eigenvalue weighted by atomic mass is 32.1. The van der Waals surface area contributed by atoms with Crippen molar-refractivity contribution in [2.75, 3.05) is 0 Å². The number of benzene rings is 3. The maximum absolute atomic E-state index is 9.11. The van der Waals surface area contributed by atoms with E-state index in [0.717, 1.165) is 70.7 Å². The molecule has 0 saturated heterocycles. The second-order valence-corrected chi connectivity index (χ2v) is 11.8. The first kappa shape index (κ1) is 20.7. The minimum absolute atomic E-state index is 0.600. The molecule has 4 heteroatoms. The second kappa shape index (κ2) is 8.28. The summed E-state index contributed by atoms with van der Waals surface area (Å²) in [7, 11) is 0. The van der Waals surface area contributed by atoms with Gasteiger partial charge in [0.05, 0.1) is 15.4 Å². The molecule has 0 aliphatic carbocycles. The molecular formula is C32H30N2OS. The summed E-state index contributed by atoms with van der Waals surface area (Å²) in [6, 6.07) is 18.6. The monoisotopic (exact) mass is 492 g/mol. The Kier molecular flexibility index (Phi) is 4.75. The van der Waals surface area contributed by atoms with Gasteiger partial charge in [-0.3, -0.25) is 4.98 Å². The fraction of sp³-hybridized carbons (Fsp3) is 0.250. The third kappa shape index (κ3) is 3.81. The number of fused-ring (bicyclic) bond motifs is 5. The SMILES string of the molecule is [2H]C([2H])(c1cnc(-c2cccc3c2oc2c3ccc3sc(C)nc32)cc1-c1c(C)cccc1C)C(C)(C)C. The normalized spacial score (nSPS) is 13.5. The van der Waals surface area contributed by atoms with Crippen LogP contribution in [0.4, 0.5) is 0 Å². The summed E-state index contributed by atoms with van der Waals surface area (Å²) in [4.78, 5) is 9.59. The minimum Gasteiger partial charge on any atom is -0.453 e. The van der Waals surface area contributed by atoms with Gasteiger partial charge >= 0.3 is 0 Å². The van der Waals surface area contributed by atoms with Crippen LogP contribution in [0, 0.1) is 26.2 Å². The molecule has 0 aliphatic heterocycles. The summed E-state index contributed by atoms with van der Waals surface area (Å²) in [6.45, 7) is 12.0. The van der Waals surface area contributed by atoms with Gasteiger partial charge in [-0.1, -0.05) is 51.1 Å². The van der Waals surface area contributed by atoms with Crippen molar-refractivity contribution in [2.24, 2.45) is 5.41 Å². The number of hydrogen-bond donors (Lipinski definition) is 0. The van der Waals surface area contributed by atoms with Gasteiger partial charge in [0.15, 0.2) is 5.58 Å². The molecule has 0 N–H and O–H groups in total. The zero-order chi connectivity index (χ0) is 27.0. The molecule has 0 spiro atoms. The number of para-hydroxylation sites is 1. The van der Waals surface area contributed by atoms with Crippen LogP contribution < -0.4 is 0 Å². The molecule has 6 rings (SSSR count). The van der Waals surface area contributed by atoms with Crippen LogP contribution in [0.2, 0.25) is 0 Å². The Morgan fingerprint density at radius 1 is 0.889 bits per heavy atom. The van der Waals surface area contributed by atoms with E-state index < -0.39 is 11.8 Å². The quantitative estimate of drug-likeness (QED) is 0.247. The Morgan fingerprint density at radius 3 is 2.36 bits per heavy atom. The first-order chi connectivity index (χ1) is 18.0. The first-order valence-electron chi connectivity index (χ1n) is 13.3. The fourth-order valence-corrected chi connectivity index (χ4v) is 5.94. The van der Waals surface area contributed by atoms with Gasteiger partial charge in [0, 0.05) is 25.3 Å². The molecule has 0 aliphatic rings. The number of aryl methyl sites for hydroxylation is 3. The Bertz CT molecular complexity index is 1850. The van der Waals surface area contributed by atoms with E-state index in [1.807, 2.05) is 52.0 Å². The second-order valence-electron chi connectivity index (χ2n) is 10.6. The van der Waals surface area contributed by atoms with E-state index in [1.54, 1.807) is 17.5 Å². The van der Waals surface area contributed by atoms with Gasteiger partial charge in [-0.05, 0) is 84.6 Å². The highest BCUT2D eigenvalue weighted by Crippen LogP contribution is 2.41. The first-order valence-corrected chi connectivity index (χ1v) is 13.1. The molecule has 36 heavy (non-hydrogen) atoms. The van der Waals surface area contributed by atoms with Crippen LogP contribution in [0.1, 0.15) is 45.2 Å². The lowest BCUT2D eigenvalue weighted by atomic mass is 9.83. The van der Waals surface area contributed by atoms with Crippen molar-refractivity contribution in [3.05, 3.63) is 82.5 Å². The molecule has 0 fully saturated rings. The molecule has 0 bridgehead atoms. The average molecular weight is 493 g/mol. The van der Waals surface area contributed by atoms with Crippen molar-refractivity contribution < 1.29 is 7.16 Å². The van der Waals surface area contributed by atoms with Gasteiger partial charge in [-0.15, -0.1) is 11.3 Å². The van der Waals surface area contributed by atoms with Crippen LogP contribution in [0.5, 0.6) is 0 Å². The Morgan fingerprint density at radius 2 is 1.61 bits per heavy atom. The van der Waals surface area contributed by atoms with Crippen molar-refractivity contribution in [1.82, 2.24) is 9.97 Å². The van der Waals surface area contributed by atoms with E-state index in [9.17, 15) is 0 Å². The molecule has 0 unspecified atom stereocenters. The molecule has 3 aromatic heterocycles. The minimum atomic E-state index is -1.60. The van der Waals surface area contributed by atoms with Crippen molar-refractivity contribution in [3.63, 3.8) is 0 Å². The van der Waals surface area contributed by atoms with E-state index >= 15 is 0 Å². The van der Waals surface area contributed by atoms with Gasteiger partial charge in [-0.2, -0.15) is 0 Å². The van der Waals surface area contributed by atoms with Gasteiger partial charge < -0.3 is 4.42 Å². The van der Waals surface area contributed by atoms with Gasteiger partial charge in [0.1, 0.15) is 11.1 Å². The van der Waals surface area contributed by atoms with Crippen LogP contribution in [0.25, 0.3) is 54.5 Å². The lowest BCUT2D eigenvalue weighted by Gasteiger charge is -2.22. The summed E-state index contributed by atoms with van der Waals surface area (Å²) in [6.07, 6.45) is 0.132. The lowest BCUT2D eigenvalue weighted by molar-refractivity contribution is 0.411. The zero-order valence-electron chi connectivity index (χ0n) is 23.5. The summed E-state index contributed by atoms with van der Waals surface area (Å²) in [5.74, 6) is 0. The summed E-state index contributed by atoms with van der Waals surface area (Å²) < 4.78 is 25.9. The molecule has 6 aromatic rings. The predicted octanol–water partition coefficient (Wildman–Crippen LogP) is 9.44. The number of rotatable bonds is 3. The van der Waals surface area contributed by atoms with Crippen molar-refractivity contribution in [1.29, 1.82) is 0 Å². The van der Waals surface area contributed by atoms with Crippen LogP contribution in [0.3, 0.4) is 0 Å². The molecular weight excluding hydrogens is 460 g/mol. The van der Waals surface area contributed by atoms with E-state index in [-0.39, 0.29) is 0 Å². The third-order valence-corrected chi connectivity index (χ3v) is 7.51. The summed E-state index contributed by atoms with van der Waals surface area (Å²) in [5.41, 5.74) is 8.22. The lowest BCUT2D eigenvalue weighted by Crippen LogP contribution is -2.11. The molecule has 3 heterocycles. The van der Waals surface area contributed by atoms with Crippen LogP contribution >= 0.6 is 11.3 Å². The van der Waals surface area contributed by atoms with E-state index in [4.69, 9.17) is 17.1 Å². The van der Waals surface area contributed by atoms with Crippen LogP contribution in [-0.4, -0.2) is 9.97 Å². The maximum atomic E-state index is 9.11. The third-order valence-electron chi connectivity index (χ3n) is 6.57. The Balaban J connectivity index is 1.65. The predicted molar refractivity (Wildman–Crippen MR) is 153 cm³/mol. The number of nitrogens with zero attached hydrogens (tertiary/aromatic N) is 2. The molecule has 0 atom stereocenters. The maximum Gasteiger partial charge on any atom is 0.162 e. The van der Waals surface area contributed by atoms with E-state index in [0.29, 0.717) is 5.56 Å². The van der Waals surface area contributed by atoms with Crippen LogP contribution in [-0.2, 0) is 6.37 Å². The molecule has 180 valence electrons. The summed E-state index contributed by atoms with van der Waals surface area (Å²) in [5, 5.41) is 3.07. The van der Waals surface area contributed by atoms with Crippen molar-refractivity contribution in [3.8, 4) is 22.4 Å². The average Bonchev–Trinajstić information content (AvgIpc) is 3.42. The summed E-state index contributed by atoms with van der Waals surface area (Å²) >= 11 is 1.67. The number of thiazole rings is 1. The standard InChI is InChI=1S/C32H30N2OS/c1-18-9-7-10-19(2)28(18)25-15-26(33-17-21(25)16-32(4,5)6)24-12-8-11-22-23-13-14-27-29(34-20(3)36-27)31(23)35-30(22)24/h7-15,17H,16H2,1-6H3/i16D2. The molecule has 0 radical (unpaired) electrons. The Labute approximate surface area is 218 Å². The largest absolute Gasteiger partial charge is 0.453 e. The van der Waals surface area contributed by atoms with Crippen molar-refractivity contribution in [2.45, 2.75) is 47.9 Å². The highest BCUT2D eigenvalue weighted by molar-refractivity contribution is 7.18. The molecule has 3 nitrogen and oxygen atoms in total. The smallest absolute Gasteiger partial charge is 0.162 e. The Hall–Kier alpha value is -3.50. The number of aromatic nitrogens is 2. The van der Waals surface area contributed by atoms with E-state index in [1.165, 1.54) is 0 Å². The van der Waals surface area contributed by atoms with Crippen LogP contribution in [0.15, 0.2) is 65.2 Å². The molecule has 0 amide bonds. The van der Waals surface area contributed by atoms with Gasteiger partial charge in [0.25, 0.3) is 0 Å². The molecule has 3 aromatic carbocycles. The number of furan rings is 1. The number of hydrogen-bond acceptors (Lipinski definition) is 4. The topological polar surface area (TPSA) is 38.9 Å². The highest BCUT2D eigenvalue weighted by Gasteiger charge is 2.21. The zero-order valence-corrected chi connectivity index (χ0v) is 22.3. The number of pyridine rings is 1. The molecule has 0 saturated carbocycles.